The van der Waals surface area contributed by atoms with Gasteiger partial charge in [0.1, 0.15) is 5.88 Å². The van der Waals surface area contributed by atoms with Gasteiger partial charge in [0.05, 0.1) is 18.5 Å². The molecule has 1 aliphatic rings. The second-order valence-corrected chi connectivity index (χ2v) is 4.05. The van der Waals surface area contributed by atoms with Gasteiger partial charge in [-0.05, 0) is 0 Å². The van der Waals surface area contributed by atoms with Crippen molar-refractivity contribution in [3.05, 3.63) is 18.7 Å². The highest BCUT2D eigenvalue weighted by atomic mass is 35.5. The van der Waals surface area contributed by atoms with Gasteiger partial charge in [0, 0.05) is 32.6 Å². The summed E-state index contributed by atoms with van der Waals surface area (Å²) in [5, 5.41) is 0. The van der Waals surface area contributed by atoms with Crippen LogP contribution >= 0.6 is 11.6 Å². The van der Waals surface area contributed by atoms with Crippen LogP contribution in [0.25, 0.3) is 0 Å². The number of carbonyl (C=O) groups is 1. The monoisotopic (exact) mass is 243 g/mol. The largest absolute Gasteiger partial charge is 0.377 e. The van der Waals surface area contributed by atoms with Crippen molar-refractivity contribution >= 4 is 17.5 Å². The third-order valence-corrected chi connectivity index (χ3v) is 3.14. The van der Waals surface area contributed by atoms with Crippen LogP contribution in [0.2, 0.25) is 0 Å². The fraction of sp³-hybridized carbons (Fsp3) is 0.600. The lowest BCUT2D eigenvalue weighted by molar-refractivity contribution is -0.127. The van der Waals surface area contributed by atoms with Crippen molar-refractivity contribution in [1.82, 2.24) is 14.5 Å². The summed E-state index contributed by atoms with van der Waals surface area (Å²) in [7, 11) is 1.66. The molecule has 0 N–H and O–H groups in total. The van der Waals surface area contributed by atoms with Crippen molar-refractivity contribution in [2.24, 2.45) is 0 Å². The molecule has 0 aromatic carbocycles. The first kappa shape index (κ1) is 11.4. The first-order chi connectivity index (χ1) is 7.76. The van der Waals surface area contributed by atoms with Crippen molar-refractivity contribution in [2.75, 3.05) is 26.1 Å². The van der Waals surface area contributed by atoms with E-state index in [0.29, 0.717) is 13.1 Å². The fourth-order valence-corrected chi connectivity index (χ4v) is 2.20. The quantitative estimate of drug-likeness (QED) is 0.728. The van der Waals surface area contributed by atoms with Crippen LogP contribution in [-0.4, -0.2) is 52.5 Å². The molecule has 0 aliphatic carbocycles. The summed E-state index contributed by atoms with van der Waals surface area (Å²) >= 11 is 5.54. The van der Waals surface area contributed by atoms with Gasteiger partial charge < -0.3 is 14.2 Å². The highest BCUT2D eigenvalue weighted by Gasteiger charge is 2.35. The van der Waals surface area contributed by atoms with E-state index in [2.05, 4.69) is 4.98 Å². The molecular formula is C10H14ClN3O2. The van der Waals surface area contributed by atoms with E-state index in [0.717, 1.165) is 0 Å². The molecule has 0 unspecified atom stereocenters. The predicted octanol–water partition coefficient (Wildman–Crippen LogP) is 0.520. The van der Waals surface area contributed by atoms with Crippen molar-refractivity contribution in [2.45, 2.75) is 12.1 Å². The molecule has 1 aliphatic heterocycles. The van der Waals surface area contributed by atoms with Crippen LogP contribution in [0.15, 0.2) is 18.7 Å². The average molecular weight is 244 g/mol. The molecule has 1 aromatic rings. The molecule has 0 radical (unpaired) electrons. The SMILES string of the molecule is CO[C@@H]1CN(C(=O)CCl)C[C@@H]1n1ccnc1. The lowest BCUT2D eigenvalue weighted by Crippen LogP contribution is -2.30. The number of hydrogen-bond acceptors (Lipinski definition) is 3. The van der Waals surface area contributed by atoms with Gasteiger partial charge in [0.2, 0.25) is 5.91 Å². The van der Waals surface area contributed by atoms with Gasteiger partial charge in [-0.2, -0.15) is 0 Å². The molecule has 6 heteroatoms. The summed E-state index contributed by atoms with van der Waals surface area (Å²) in [5.74, 6) is -0.0288. The standard InChI is InChI=1S/C10H14ClN3O2/c1-16-9-6-14(10(15)4-11)5-8(9)13-3-2-12-7-13/h2-3,7-9H,4-6H2,1H3/t8-,9+/m0/s1. The van der Waals surface area contributed by atoms with Gasteiger partial charge >= 0.3 is 0 Å². The summed E-state index contributed by atoms with van der Waals surface area (Å²) in [6.45, 7) is 1.21. The number of alkyl halides is 1. The molecule has 2 rings (SSSR count). The van der Waals surface area contributed by atoms with Gasteiger partial charge in [-0.3, -0.25) is 4.79 Å². The number of rotatable bonds is 3. The third-order valence-electron chi connectivity index (χ3n) is 2.91. The van der Waals surface area contributed by atoms with E-state index in [1.807, 2.05) is 10.8 Å². The normalized spacial score (nSPS) is 25.0. The second-order valence-electron chi connectivity index (χ2n) is 3.78. The Labute approximate surface area is 99.0 Å². The lowest BCUT2D eigenvalue weighted by atomic mass is 10.2. The Morgan fingerprint density at radius 1 is 1.62 bits per heavy atom. The van der Waals surface area contributed by atoms with E-state index in [9.17, 15) is 4.79 Å². The molecule has 1 fully saturated rings. The van der Waals surface area contributed by atoms with E-state index in [1.54, 1.807) is 24.5 Å². The third kappa shape index (κ3) is 2.05. The zero-order valence-electron chi connectivity index (χ0n) is 9.04. The van der Waals surface area contributed by atoms with Gasteiger partial charge in [-0.15, -0.1) is 11.6 Å². The van der Waals surface area contributed by atoms with Gasteiger partial charge in [-0.1, -0.05) is 0 Å². The number of aromatic nitrogens is 2. The summed E-state index contributed by atoms with van der Waals surface area (Å²) < 4.78 is 7.35. The Hall–Kier alpha value is -1.07. The topological polar surface area (TPSA) is 47.4 Å². The molecule has 1 aromatic heterocycles. The fourth-order valence-electron chi connectivity index (χ4n) is 2.03. The molecule has 0 spiro atoms. The number of ether oxygens (including phenoxy) is 1. The maximum absolute atomic E-state index is 11.5. The smallest absolute Gasteiger partial charge is 0.237 e. The second kappa shape index (κ2) is 4.84. The maximum atomic E-state index is 11.5. The maximum Gasteiger partial charge on any atom is 0.237 e. The van der Waals surface area contributed by atoms with Crippen LogP contribution in [0.5, 0.6) is 0 Å². The molecule has 0 saturated carbocycles. The molecular weight excluding hydrogens is 230 g/mol. The number of nitrogens with zero attached hydrogens (tertiary/aromatic N) is 3. The zero-order valence-corrected chi connectivity index (χ0v) is 9.80. The van der Waals surface area contributed by atoms with Crippen molar-refractivity contribution in [3.8, 4) is 0 Å². The zero-order chi connectivity index (χ0) is 11.5. The Morgan fingerprint density at radius 2 is 2.44 bits per heavy atom. The summed E-state index contributed by atoms with van der Waals surface area (Å²) in [4.78, 5) is 17.2. The number of hydrogen-bond donors (Lipinski definition) is 0. The molecule has 1 amide bonds. The van der Waals surface area contributed by atoms with Gasteiger partial charge in [0.25, 0.3) is 0 Å². The minimum absolute atomic E-state index is 0.00127. The van der Waals surface area contributed by atoms with Crippen molar-refractivity contribution in [1.29, 1.82) is 0 Å². The Bertz CT molecular complexity index is 355. The van der Waals surface area contributed by atoms with Crippen molar-refractivity contribution in [3.63, 3.8) is 0 Å². The van der Waals surface area contributed by atoms with Crippen molar-refractivity contribution < 1.29 is 9.53 Å². The molecule has 0 bridgehead atoms. The Kier molecular flexibility index (Phi) is 3.46. The van der Waals surface area contributed by atoms with Crippen LogP contribution in [0.1, 0.15) is 6.04 Å². The van der Waals surface area contributed by atoms with E-state index in [-0.39, 0.29) is 23.9 Å². The highest BCUT2D eigenvalue weighted by molar-refractivity contribution is 6.27. The molecule has 5 nitrogen and oxygen atoms in total. The minimum atomic E-state index is -0.0497. The Balaban J connectivity index is 2.11. The lowest BCUT2D eigenvalue weighted by Gasteiger charge is -2.17. The van der Waals surface area contributed by atoms with E-state index in [4.69, 9.17) is 16.3 Å². The number of imidazole rings is 1. The molecule has 1 saturated heterocycles. The summed E-state index contributed by atoms with van der Waals surface area (Å²) in [6, 6.07) is 0.125. The first-order valence-corrected chi connectivity index (χ1v) is 5.63. The Morgan fingerprint density at radius 3 is 3.00 bits per heavy atom. The minimum Gasteiger partial charge on any atom is -0.377 e. The van der Waals surface area contributed by atoms with Gasteiger partial charge in [0.15, 0.2) is 0 Å². The average Bonchev–Trinajstić information content (AvgIpc) is 2.95. The molecule has 16 heavy (non-hydrogen) atoms. The molecule has 2 atom stereocenters. The highest BCUT2D eigenvalue weighted by Crippen LogP contribution is 2.24. The summed E-state index contributed by atoms with van der Waals surface area (Å²) in [5.41, 5.74) is 0. The van der Waals surface area contributed by atoms with E-state index < -0.39 is 0 Å². The van der Waals surface area contributed by atoms with Crippen LogP contribution in [0.4, 0.5) is 0 Å². The molecule has 88 valence electrons. The number of halogens is 1. The number of likely N-dealkylation sites (tertiary alicyclic amines) is 1. The van der Waals surface area contributed by atoms with Crippen LogP contribution in [0.3, 0.4) is 0 Å². The number of carbonyl (C=O) groups excluding carboxylic acids is 1. The summed E-state index contributed by atoms with van der Waals surface area (Å²) in [6.07, 6.45) is 5.34. The van der Waals surface area contributed by atoms with E-state index in [1.165, 1.54) is 0 Å². The molecule has 2 heterocycles. The predicted molar refractivity (Wildman–Crippen MR) is 59.4 cm³/mol. The van der Waals surface area contributed by atoms with Crippen LogP contribution in [-0.2, 0) is 9.53 Å². The van der Waals surface area contributed by atoms with E-state index >= 15 is 0 Å². The first-order valence-electron chi connectivity index (χ1n) is 5.10. The number of amides is 1. The van der Waals surface area contributed by atoms with Crippen LogP contribution < -0.4 is 0 Å². The number of methoxy groups -OCH3 is 1. The van der Waals surface area contributed by atoms with Gasteiger partial charge in [-0.25, -0.2) is 4.98 Å². The van der Waals surface area contributed by atoms with Crippen LogP contribution in [0, 0.1) is 0 Å².